The van der Waals surface area contributed by atoms with Crippen molar-refractivity contribution < 1.29 is 37.0 Å². The van der Waals surface area contributed by atoms with Gasteiger partial charge in [-0.05, 0) is 47.6 Å². The first kappa shape index (κ1) is 21.3. The average Bonchev–Trinajstić information content (AvgIpc) is 2.67. The zero-order valence-electron chi connectivity index (χ0n) is 15.2. The lowest BCUT2D eigenvalue weighted by Crippen LogP contribution is -2.49. The van der Waals surface area contributed by atoms with Crippen molar-refractivity contribution in [2.45, 2.75) is 65.1 Å². The smallest absolute Gasteiger partial charge is 0.423 e. The molecule has 0 saturated carbocycles. The van der Waals surface area contributed by atoms with E-state index < -0.39 is 41.2 Å². The lowest BCUT2D eigenvalue weighted by atomic mass is 10.1. The summed E-state index contributed by atoms with van der Waals surface area (Å²) in [4.78, 5) is 25.1. The number of nitrogens with zero attached hydrogens (tertiary/aromatic N) is 1. The Bertz CT molecular complexity index is 549. The topological polar surface area (TPSA) is 65.1 Å². The fourth-order valence-electron chi connectivity index (χ4n) is 2.30. The molecule has 1 aliphatic rings. The number of ether oxygens (including phenoxy) is 3. The van der Waals surface area contributed by atoms with Crippen LogP contribution in [0.2, 0.25) is 0 Å². The fourth-order valence-corrected chi connectivity index (χ4v) is 2.30. The second kappa shape index (κ2) is 7.23. The van der Waals surface area contributed by atoms with Crippen LogP contribution in [0, 0.1) is 0 Å². The molecule has 0 aromatic carbocycles. The fraction of sp³-hybridized carbons (Fsp3) is 0.750. The summed E-state index contributed by atoms with van der Waals surface area (Å²) >= 11 is 0. The Morgan fingerprint density at radius 1 is 1.28 bits per heavy atom. The molecule has 1 amide bonds. The van der Waals surface area contributed by atoms with Gasteiger partial charge in [0.05, 0.1) is 19.3 Å². The molecule has 1 fully saturated rings. The van der Waals surface area contributed by atoms with E-state index in [1.807, 2.05) is 0 Å². The zero-order valence-corrected chi connectivity index (χ0v) is 15.2. The van der Waals surface area contributed by atoms with E-state index >= 15 is 0 Å². The number of hydrogen-bond donors (Lipinski definition) is 0. The molecule has 1 saturated heterocycles. The maximum absolute atomic E-state index is 13.2. The van der Waals surface area contributed by atoms with Gasteiger partial charge in [0.2, 0.25) is 0 Å². The van der Waals surface area contributed by atoms with Crippen LogP contribution in [0.15, 0.2) is 11.6 Å². The lowest BCUT2D eigenvalue weighted by Gasteiger charge is -2.34. The average molecular weight is 367 g/mol. The molecule has 0 unspecified atom stereocenters. The Hall–Kier alpha value is -1.77. The molecular formula is C16H24F3NO5. The van der Waals surface area contributed by atoms with Gasteiger partial charge in [-0.3, -0.25) is 4.90 Å². The van der Waals surface area contributed by atoms with Crippen LogP contribution in [0.1, 0.15) is 41.5 Å². The minimum atomic E-state index is -4.92. The van der Waals surface area contributed by atoms with Gasteiger partial charge in [0.15, 0.2) is 0 Å². The number of carbonyl (C=O) groups is 2. The Labute approximate surface area is 144 Å². The Morgan fingerprint density at radius 2 is 1.84 bits per heavy atom. The van der Waals surface area contributed by atoms with Gasteiger partial charge < -0.3 is 14.2 Å². The summed E-state index contributed by atoms with van der Waals surface area (Å²) in [5.41, 5.74) is -3.50. The van der Waals surface area contributed by atoms with Gasteiger partial charge in [-0.15, -0.1) is 0 Å². The zero-order chi connectivity index (χ0) is 19.6. The summed E-state index contributed by atoms with van der Waals surface area (Å²) in [6.07, 6.45) is -5.10. The summed E-state index contributed by atoms with van der Waals surface area (Å²) in [6, 6.07) is -1.12. The monoisotopic (exact) mass is 367 g/mol. The summed E-state index contributed by atoms with van der Waals surface area (Å²) < 4.78 is 54.7. The second-order valence-electron chi connectivity index (χ2n) is 6.97. The third kappa shape index (κ3) is 5.62. The number of esters is 1. The first-order valence-corrected chi connectivity index (χ1v) is 7.81. The Balaban J connectivity index is 3.22. The SMILES string of the molecule is CCOC(=O)/C(=C\[C@H]1COC(C)(C)N1C(=O)OC(C)(C)C)C(F)(F)F. The molecule has 0 radical (unpaired) electrons. The van der Waals surface area contributed by atoms with Crippen LogP contribution in [-0.2, 0) is 19.0 Å². The van der Waals surface area contributed by atoms with Gasteiger partial charge in [0, 0.05) is 0 Å². The van der Waals surface area contributed by atoms with Gasteiger partial charge in [-0.25, -0.2) is 9.59 Å². The molecule has 0 spiro atoms. The lowest BCUT2D eigenvalue weighted by molar-refractivity contribution is -0.150. The molecule has 1 aliphatic heterocycles. The van der Waals surface area contributed by atoms with E-state index in [-0.39, 0.29) is 13.2 Å². The van der Waals surface area contributed by atoms with Gasteiger partial charge in [-0.1, -0.05) is 0 Å². The third-order valence-corrected chi connectivity index (χ3v) is 3.27. The van der Waals surface area contributed by atoms with Crippen LogP contribution < -0.4 is 0 Å². The van der Waals surface area contributed by atoms with Gasteiger partial charge in [0.1, 0.15) is 16.9 Å². The van der Waals surface area contributed by atoms with Crippen molar-refractivity contribution in [2.75, 3.05) is 13.2 Å². The van der Waals surface area contributed by atoms with Crippen LogP contribution in [0.25, 0.3) is 0 Å². The number of rotatable bonds is 3. The van der Waals surface area contributed by atoms with E-state index in [2.05, 4.69) is 4.74 Å². The maximum Gasteiger partial charge on any atom is 0.423 e. The highest BCUT2D eigenvalue weighted by atomic mass is 19.4. The molecule has 0 aliphatic carbocycles. The van der Waals surface area contributed by atoms with E-state index in [1.54, 1.807) is 20.8 Å². The van der Waals surface area contributed by atoms with E-state index in [0.717, 1.165) is 4.90 Å². The van der Waals surface area contributed by atoms with Crippen LogP contribution in [0.4, 0.5) is 18.0 Å². The molecule has 0 N–H and O–H groups in total. The van der Waals surface area contributed by atoms with E-state index in [9.17, 15) is 22.8 Å². The maximum atomic E-state index is 13.2. The van der Waals surface area contributed by atoms with Crippen molar-refractivity contribution in [3.63, 3.8) is 0 Å². The first-order chi connectivity index (χ1) is 11.2. The Kier molecular flexibility index (Phi) is 6.15. The van der Waals surface area contributed by atoms with Crippen molar-refractivity contribution in [2.24, 2.45) is 0 Å². The molecule has 1 atom stereocenters. The molecule has 25 heavy (non-hydrogen) atoms. The molecule has 9 heteroatoms. The quantitative estimate of drug-likeness (QED) is 0.565. The minimum Gasteiger partial charge on any atom is -0.462 e. The van der Waals surface area contributed by atoms with Crippen molar-refractivity contribution in [1.82, 2.24) is 4.90 Å². The van der Waals surface area contributed by atoms with Crippen molar-refractivity contribution in [3.8, 4) is 0 Å². The van der Waals surface area contributed by atoms with Gasteiger partial charge in [0.25, 0.3) is 0 Å². The molecular weight excluding hydrogens is 343 g/mol. The molecule has 6 nitrogen and oxygen atoms in total. The van der Waals surface area contributed by atoms with Crippen molar-refractivity contribution in [3.05, 3.63) is 11.6 Å². The largest absolute Gasteiger partial charge is 0.462 e. The minimum absolute atomic E-state index is 0.200. The summed E-state index contributed by atoms with van der Waals surface area (Å²) in [7, 11) is 0. The molecule has 1 rings (SSSR count). The normalized spacial score (nSPS) is 21.2. The molecule has 1 heterocycles. The van der Waals surface area contributed by atoms with Crippen molar-refractivity contribution >= 4 is 12.1 Å². The number of hydrogen-bond acceptors (Lipinski definition) is 5. The van der Waals surface area contributed by atoms with Crippen LogP contribution in [0.5, 0.6) is 0 Å². The molecule has 0 aromatic heterocycles. The molecule has 0 bridgehead atoms. The predicted molar refractivity (Wildman–Crippen MR) is 82.7 cm³/mol. The second-order valence-corrected chi connectivity index (χ2v) is 6.97. The van der Waals surface area contributed by atoms with Crippen LogP contribution >= 0.6 is 0 Å². The van der Waals surface area contributed by atoms with Crippen LogP contribution in [-0.4, -0.2) is 53.7 Å². The first-order valence-electron chi connectivity index (χ1n) is 7.81. The van der Waals surface area contributed by atoms with E-state index in [1.165, 1.54) is 20.8 Å². The van der Waals surface area contributed by atoms with E-state index in [4.69, 9.17) is 9.47 Å². The van der Waals surface area contributed by atoms with Crippen LogP contribution in [0.3, 0.4) is 0 Å². The van der Waals surface area contributed by atoms with Crippen molar-refractivity contribution in [1.29, 1.82) is 0 Å². The summed E-state index contributed by atoms with van der Waals surface area (Å²) in [6.45, 7) is 8.98. The molecule has 0 aromatic rings. The number of alkyl halides is 3. The highest BCUT2D eigenvalue weighted by Gasteiger charge is 2.48. The highest BCUT2D eigenvalue weighted by Crippen LogP contribution is 2.33. The standard InChI is InChI=1S/C16H24F3NO5/c1-7-23-12(21)11(16(17,18)19)8-10-9-24-15(5,6)20(10)13(22)25-14(2,3)4/h8,10H,7,9H2,1-6H3/b11-8+/t10-/m0/s1. The van der Waals surface area contributed by atoms with Gasteiger partial charge in [-0.2, -0.15) is 13.2 Å². The third-order valence-electron chi connectivity index (χ3n) is 3.27. The Morgan fingerprint density at radius 3 is 2.28 bits per heavy atom. The number of halogens is 3. The predicted octanol–water partition coefficient (Wildman–Crippen LogP) is 3.41. The summed E-state index contributed by atoms with van der Waals surface area (Å²) in [5, 5.41) is 0. The molecule has 144 valence electrons. The van der Waals surface area contributed by atoms with E-state index in [0.29, 0.717) is 6.08 Å². The number of carbonyl (C=O) groups excluding carboxylic acids is 2. The number of amides is 1. The summed E-state index contributed by atoms with van der Waals surface area (Å²) in [5.74, 6) is -1.50. The highest BCUT2D eigenvalue weighted by molar-refractivity contribution is 5.90. The van der Waals surface area contributed by atoms with Gasteiger partial charge >= 0.3 is 18.2 Å².